The first-order valence-corrected chi connectivity index (χ1v) is 13.9. The Morgan fingerprint density at radius 3 is 2.08 bits per heavy atom. The third-order valence-electron chi connectivity index (χ3n) is 7.29. The molecule has 0 saturated carbocycles. The fourth-order valence-corrected chi connectivity index (χ4v) is 4.91. The molecular formula is C26H43FN4O8. The van der Waals surface area contributed by atoms with Gasteiger partial charge in [0.25, 0.3) is 5.56 Å². The maximum atomic E-state index is 15.1. The van der Waals surface area contributed by atoms with Crippen molar-refractivity contribution >= 4 is 0 Å². The van der Waals surface area contributed by atoms with Gasteiger partial charge in [-0.25, -0.2) is 13.8 Å². The highest BCUT2D eigenvalue weighted by atomic mass is 19.1. The Kier molecular flexibility index (Phi) is 13.2. The number of aliphatic hydroxyl groups excluding tert-OH is 2. The molecule has 0 aromatic carbocycles. The van der Waals surface area contributed by atoms with E-state index in [0.29, 0.717) is 19.0 Å². The topological polar surface area (TPSA) is 192 Å². The van der Waals surface area contributed by atoms with Crippen molar-refractivity contribution < 1.29 is 34.8 Å². The number of nitriles is 1. The number of hydroxylamine groups is 2. The van der Waals surface area contributed by atoms with E-state index >= 15 is 4.39 Å². The Balaban J connectivity index is 1.94. The molecule has 0 bridgehead atoms. The Morgan fingerprint density at radius 1 is 1.08 bits per heavy atom. The van der Waals surface area contributed by atoms with E-state index in [9.17, 15) is 35.2 Å². The summed E-state index contributed by atoms with van der Waals surface area (Å²) >= 11 is 0. The van der Waals surface area contributed by atoms with Crippen molar-refractivity contribution in [1.82, 2.24) is 14.6 Å². The number of aromatic nitrogens is 2. The fourth-order valence-electron chi connectivity index (χ4n) is 4.91. The number of rotatable bonds is 18. The van der Waals surface area contributed by atoms with Crippen molar-refractivity contribution in [2.24, 2.45) is 0 Å². The van der Waals surface area contributed by atoms with E-state index in [0.717, 1.165) is 25.7 Å². The maximum Gasteiger partial charge on any atom is 0.332 e. The van der Waals surface area contributed by atoms with Crippen molar-refractivity contribution in [2.75, 3.05) is 6.61 Å². The van der Waals surface area contributed by atoms with Gasteiger partial charge in [-0.1, -0.05) is 84.0 Å². The molecule has 0 amide bonds. The molecule has 1 aromatic rings. The number of nitrogens with one attached hydrogen (secondary N) is 1. The smallest absolute Gasteiger partial charge is 0.332 e. The third-order valence-corrected chi connectivity index (χ3v) is 7.29. The number of hydrogen-bond acceptors (Lipinski definition) is 10. The monoisotopic (exact) mass is 558 g/mol. The molecular weight excluding hydrogens is 515 g/mol. The molecule has 0 spiro atoms. The Labute approximate surface area is 227 Å². The van der Waals surface area contributed by atoms with Crippen LogP contribution in [0.1, 0.15) is 102 Å². The molecule has 1 saturated heterocycles. The normalized spacial score (nSPS) is 25.7. The van der Waals surface area contributed by atoms with E-state index in [1.807, 2.05) is 0 Å². The Morgan fingerprint density at radius 2 is 1.59 bits per heavy atom. The predicted molar refractivity (Wildman–Crippen MR) is 138 cm³/mol. The van der Waals surface area contributed by atoms with Gasteiger partial charge >= 0.3 is 11.6 Å². The lowest BCUT2D eigenvalue weighted by molar-refractivity contribution is -0.428. The minimum absolute atomic E-state index is 0.146. The zero-order valence-corrected chi connectivity index (χ0v) is 22.6. The molecule has 222 valence electrons. The van der Waals surface area contributed by atoms with Crippen LogP contribution in [0.2, 0.25) is 0 Å². The van der Waals surface area contributed by atoms with E-state index in [-0.39, 0.29) is 16.1 Å². The van der Waals surface area contributed by atoms with E-state index in [2.05, 4.69) is 6.92 Å². The van der Waals surface area contributed by atoms with Crippen LogP contribution in [0.15, 0.2) is 15.8 Å². The average molecular weight is 559 g/mol. The number of ether oxygens (including phenoxy) is 1. The Bertz CT molecular complexity index is 1050. The molecule has 5 atom stereocenters. The standard InChI is InChI=1S/C26H43FN4O8/c1-2-3-4-5-6-7-8-9-10-11-12-13-14-15-21(27)31(38)25(36)22(33)20(18-32)39-26(25,37)30-17-19(16-28)23(34)29-24(30)35/h17,20-22,32-33,36-38H,2-15,18H2,1H3,(H,29,34,35)/t20-,21?,22-,25-,26+/m1/s1. The molecule has 0 radical (unpaired) electrons. The van der Waals surface area contributed by atoms with Crippen molar-refractivity contribution in [1.29, 1.82) is 5.26 Å². The van der Waals surface area contributed by atoms with Gasteiger partial charge in [-0.2, -0.15) is 5.26 Å². The first-order valence-electron chi connectivity index (χ1n) is 13.9. The van der Waals surface area contributed by atoms with Crippen LogP contribution < -0.4 is 11.2 Å². The SMILES string of the molecule is CCCCCCCCCCCCCCCC(F)N(O)[C@@]1(O)[C@H](O)[C@@H](CO)O[C@]1(O)n1cc(C#N)c(=O)[nH]c1=O. The molecule has 2 rings (SSSR count). The molecule has 1 fully saturated rings. The number of alkyl halides is 1. The minimum atomic E-state index is -3.40. The van der Waals surface area contributed by atoms with E-state index < -0.39 is 53.6 Å². The number of nitrogens with zero attached hydrogens (tertiary/aromatic N) is 3. The van der Waals surface area contributed by atoms with Crippen LogP contribution >= 0.6 is 0 Å². The molecule has 1 aliphatic rings. The highest BCUT2D eigenvalue weighted by Crippen LogP contribution is 2.44. The predicted octanol–water partition coefficient (Wildman–Crippen LogP) is 1.92. The zero-order valence-electron chi connectivity index (χ0n) is 22.6. The van der Waals surface area contributed by atoms with Crippen LogP contribution in [0, 0.1) is 11.3 Å². The lowest BCUT2D eigenvalue weighted by Crippen LogP contribution is -2.69. The molecule has 13 heteroatoms. The summed E-state index contributed by atoms with van der Waals surface area (Å²) in [6.07, 6.45) is 7.76. The second-order valence-electron chi connectivity index (χ2n) is 10.2. The number of unbranched alkanes of at least 4 members (excludes halogenated alkanes) is 12. The van der Waals surface area contributed by atoms with Crippen LogP contribution in [0.4, 0.5) is 4.39 Å². The number of halogens is 1. The summed E-state index contributed by atoms with van der Waals surface area (Å²) in [4.78, 5) is 25.9. The summed E-state index contributed by atoms with van der Waals surface area (Å²) in [7, 11) is 0. The summed E-state index contributed by atoms with van der Waals surface area (Å²) in [6, 6.07) is 1.47. The highest BCUT2D eigenvalue weighted by Gasteiger charge is 2.71. The number of aliphatic hydroxyl groups is 4. The first kappa shape index (κ1) is 33.0. The van der Waals surface area contributed by atoms with Gasteiger partial charge in [-0.05, 0) is 12.8 Å². The van der Waals surface area contributed by atoms with Gasteiger partial charge in [0.2, 0.25) is 5.72 Å². The van der Waals surface area contributed by atoms with Crippen LogP contribution in [-0.4, -0.2) is 71.1 Å². The van der Waals surface area contributed by atoms with E-state index in [4.69, 9.17) is 10.00 Å². The molecule has 1 aliphatic heterocycles. The molecule has 12 nitrogen and oxygen atoms in total. The summed E-state index contributed by atoms with van der Waals surface area (Å²) in [5.74, 6) is -3.39. The number of hydrogen-bond donors (Lipinski definition) is 6. The molecule has 1 aromatic heterocycles. The lowest BCUT2D eigenvalue weighted by atomic mass is 9.99. The van der Waals surface area contributed by atoms with Crippen LogP contribution in [0.25, 0.3) is 0 Å². The summed E-state index contributed by atoms with van der Waals surface area (Å²) < 4.78 is 20.3. The van der Waals surface area contributed by atoms with Gasteiger partial charge in [0.05, 0.1) is 6.61 Å². The number of H-pyrrole nitrogens is 1. The zero-order chi connectivity index (χ0) is 29.1. The van der Waals surface area contributed by atoms with Gasteiger partial charge in [-0.15, -0.1) is 5.06 Å². The van der Waals surface area contributed by atoms with Crippen molar-refractivity contribution in [2.45, 2.75) is 127 Å². The van der Waals surface area contributed by atoms with Crippen molar-refractivity contribution in [3.8, 4) is 6.07 Å². The molecule has 1 unspecified atom stereocenters. The molecule has 2 heterocycles. The Hall–Kier alpha value is -2.18. The molecule has 0 aliphatic carbocycles. The van der Waals surface area contributed by atoms with Crippen LogP contribution in [0.5, 0.6) is 0 Å². The van der Waals surface area contributed by atoms with Gasteiger partial charge in [0, 0.05) is 6.20 Å². The highest BCUT2D eigenvalue weighted by molar-refractivity contribution is 5.22. The molecule has 39 heavy (non-hydrogen) atoms. The second kappa shape index (κ2) is 15.6. The fraction of sp³-hybridized carbons (Fsp3) is 0.808. The minimum Gasteiger partial charge on any atom is -0.394 e. The third kappa shape index (κ3) is 7.73. The summed E-state index contributed by atoms with van der Waals surface area (Å²) in [5.41, 5.74) is -6.56. The lowest BCUT2D eigenvalue weighted by Gasteiger charge is -2.43. The maximum absolute atomic E-state index is 15.1. The van der Waals surface area contributed by atoms with Gasteiger partial charge < -0.3 is 30.4 Å². The van der Waals surface area contributed by atoms with Crippen LogP contribution in [0.3, 0.4) is 0 Å². The quantitative estimate of drug-likeness (QED) is 0.0671. The largest absolute Gasteiger partial charge is 0.394 e. The summed E-state index contributed by atoms with van der Waals surface area (Å²) in [5, 5.41) is 61.8. The van der Waals surface area contributed by atoms with E-state index in [1.54, 1.807) is 4.98 Å². The number of aromatic amines is 1. The van der Waals surface area contributed by atoms with Gasteiger partial charge in [-0.3, -0.25) is 9.78 Å². The molecule has 6 N–H and O–H groups in total. The second-order valence-corrected chi connectivity index (χ2v) is 10.2. The summed E-state index contributed by atoms with van der Waals surface area (Å²) in [6.45, 7) is 1.21. The van der Waals surface area contributed by atoms with Crippen LogP contribution in [-0.2, 0) is 10.6 Å². The first-order chi connectivity index (χ1) is 18.6. The van der Waals surface area contributed by atoms with Crippen molar-refractivity contribution in [3.05, 3.63) is 32.6 Å². The van der Waals surface area contributed by atoms with Crippen molar-refractivity contribution in [3.63, 3.8) is 0 Å². The van der Waals surface area contributed by atoms with Gasteiger partial charge in [0.15, 0.2) is 6.30 Å². The van der Waals surface area contributed by atoms with Gasteiger partial charge in [0.1, 0.15) is 23.8 Å². The average Bonchev–Trinajstić information content (AvgIpc) is 3.12. The van der Waals surface area contributed by atoms with E-state index in [1.165, 1.54) is 51.0 Å².